The summed E-state index contributed by atoms with van der Waals surface area (Å²) >= 11 is 0. The van der Waals surface area contributed by atoms with Gasteiger partial charge in [-0.05, 0) is 12.1 Å². The molecule has 0 aromatic heterocycles. The highest BCUT2D eigenvalue weighted by atomic mass is 19.4. The number of nitrogens with zero attached hydrogens (tertiary/aromatic N) is 1. The van der Waals surface area contributed by atoms with Crippen LogP contribution in [0.2, 0.25) is 0 Å². The summed E-state index contributed by atoms with van der Waals surface area (Å²) in [6.07, 6.45) is -4.88. The number of hydrogen-bond donors (Lipinski definition) is 0. The van der Waals surface area contributed by atoms with Crippen molar-refractivity contribution in [1.82, 2.24) is 0 Å². The fraction of sp³-hybridized carbons (Fsp3) is 0.125. The lowest BCUT2D eigenvalue weighted by molar-refractivity contribution is -0.274. The van der Waals surface area contributed by atoms with Crippen LogP contribution in [0.4, 0.5) is 23.2 Å². The van der Waals surface area contributed by atoms with Gasteiger partial charge < -0.3 is 4.74 Å². The SMILES string of the molecule is [C-]#[N+]c1cc(F)cc(OC(F)(F)F)c1. The van der Waals surface area contributed by atoms with Gasteiger partial charge in [-0.15, -0.1) is 13.2 Å². The molecule has 0 unspecified atom stereocenters. The molecule has 1 rings (SSSR count). The van der Waals surface area contributed by atoms with Gasteiger partial charge in [0, 0.05) is 6.07 Å². The fourth-order valence-corrected chi connectivity index (χ4v) is 0.805. The van der Waals surface area contributed by atoms with Gasteiger partial charge in [0.15, 0.2) is 5.69 Å². The summed E-state index contributed by atoms with van der Waals surface area (Å²) in [6, 6.07) is 2.18. The van der Waals surface area contributed by atoms with Gasteiger partial charge in [-0.1, -0.05) is 0 Å². The third-order valence-corrected chi connectivity index (χ3v) is 1.22. The maximum Gasteiger partial charge on any atom is 0.573 e. The van der Waals surface area contributed by atoms with E-state index in [0.717, 1.165) is 12.1 Å². The first-order chi connectivity index (χ1) is 6.40. The van der Waals surface area contributed by atoms with E-state index in [0.29, 0.717) is 6.07 Å². The molecule has 0 saturated heterocycles. The summed E-state index contributed by atoms with van der Waals surface area (Å²) < 4.78 is 51.1. The Balaban J connectivity index is 3.00. The number of rotatable bonds is 1. The average molecular weight is 205 g/mol. The molecule has 6 heteroatoms. The van der Waals surface area contributed by atoms with Crippen molar-refractivity contribution in [3.05, 3.63) is 35.4 Å². The van der Waals surface area contributed by atoms with E-state index in [1.165, 1.54) is 0 Å². The summed E-state index contributed by atoms with van der Waals surface area (Å²) in [5, 5.41) is 0. The standard InChI is InChI=1S/C8H3F4NO/c1-13-6-2-5(9)3-7(4-6)14-8(10,11)12/h2-4H. The Hall–Kier alpha value is -1.77. The molecule has 0 saturated carbocycles. The molecular weight excluding hydrogens is 202 g/mol. The zero-order valence-corrected chi connectivity index (χ0v) is 6.60. The van der Waals surface area contributed by atoms with Crippen molar-refractivity contribution in [3.63, 3.8) is 0 Å². The zero-order valence-electron chi connectivity index (χ0n) is 6.60. The lowest BCUT2D eigenvalue weighted by Gasteiger charge is -2.08. The van der Waals surface area contributed by atoms with Crippen LogP contribution in [0.1, 0.15) is 0 Å². The number of hydrogen-bond acceptors (Lipinski definition) is 1. The smallest absolute Gasteiger partial charge is 0.407 e. The quantitative estimate of drug-likeness (QED) is 0.506. The van der Waals surface area contributed by atoms with Gasteiger partial charge in [-0.3, -0.25) is 0 Å². The van der Waals surface area contributed by atoms with Crippen molar-refractivity contribution in [2.45, 2.75) is 6.36 Å². The molecule has 0 aliphatic rings. The van der Waals surface area contributed by atoms with Gasteiger partial charge in [0.05, 0.1) is 6.57 Å². The normalized spacial score (nSPS) is 10.8. The number of ether oxygens (including phenoxy) is 1. The van der Waals surface area contributed by atoms with Gasteiger partial charge in [0.2, 0.25) is 0 Å². The van der Waals surface area contributed by atoms with E-state index in [-0.39, 0.29) is 5.69 Å². The van der Waals surface area contributed by atoms with Crippen molar-refractivity contribution in [1.29, 1.82) is 0 Å². The van der Waals surface area contributed by atoms with Crippen molar-refractivity contribution in [2.75, 3.05) is 0 Å². The van der Waals surface area contributed by atoms with Crippen LogP contribution in [-0.4, -0.2) is 6.36 Å². The van der Waals surface area contributed by atoms with Crippen LogP contribution < -0.4 is 4.74 Å². The molecule has 0 radical (unpaired) electrons. The number of halogens is 4. The average Bonchev–Trinajstić information content (AvgIpc) is 1.99. The van der Waals surface area contributed by atoms with Crippen LogP contribution >= 0.6 is 0 Å². The summed E-state index contributed by atoms with van der Waals surface area (Å²) in [6.45, 7) is 6.49. The first kappa shape index (κ1) is 10.3. The van der Waals surface area contributed by atoms with E-state index in [2.05, 4.69) is 9.58 Å². The molecule has 74 valence electrons. The molecule has 0 aliphatic carbocycles. The predicted molar refractivity (Wildman–Crippen MR) is 39.3 cm³/mol. The van der Waals surface area contributed by atoms with E-state index in [9.17, 15) is 17.6 Å². The molecule has 1 aromatic carbocycles. The molecule has 2 nitrogen and oxygen atoms in total. The molecule has 0 spiro atoms. The third kappa shape index (κ3) is 2.94. The van der Waals surface area contributed by atoms with Gasteiger partial charge in [-0.2, -0.15) is 0 Å². The van der Waals surface area contributed by atoms with E-state index >= 15 is 0 Å². The second-order valence-electron chi connectivity index (χ2n) is 2.30. The second-order valence-corrected chi connectivity index (χ2v) is 2.30. The van der Waals surface area contributed by atoms with Crippen molar-refractivity contribution in [2.24, 2.45) is 0 Å². The lowest BCUT2D eigenvalue weighted by atomic mass is 10.3. The first-order valence-corrected chi connectivity index (χ1v) is 3.34. The largest absolute Gasteiger partial charge is 0.573 e. The molecule has 14 heavy (non-hydrogen) atoms. The van der Waals surface area contributed by atoms with E-state index in [4.69, 9.17) is 6.57 Å². The Bertz CT molecular complexity index is 380. The van der Waals surface area contributed by atoms with Crippen LogP contribution in [0.5, 0.6) is 5.75 Å². The lowest BCUT2D eigenvalue weighted by Crippen LogP contribution is -2.17. The maximum atomic E-state index is 12.6. The molecule has 0 atom stereocenters. The van der Waals surface area contributed by atoms with Crippen LogP contribution in [-0.2, 0) is 0 Å². The second kappa shape index (κ2) is 3.54. The Morgan fingerprint density at radius 2 is 1.86 bits per heavy atom. The highest BCUT2D eigenvalue weighted by Gasteiger charge is 2.31. The first-order valence-electron chi connectivity index (χ1n) is 3.34. The highest BCUT2D eigenvalue weighted by molar-refractivity contribution is 5.49. The molecule has 0 N–H and O–H groups in total. The van der Waals surface area contributed by atoms with Crippen LogP contribution in [0, 0.1) is 12.4 Å². The topological polar surface area (TPSA) is 13.6 Å². The van der Waals surface area contributed by atoms with Gasteiger partial charge >= 0.3 is 6.36 Å². The van der Waals surface area contributed by atoms with Gasteiger partial charge in [-0.25, -0.2) is 9.24 Å². The van der Waals surface area contributed by atoms with Crippen molar-refractivity contribution >= 4 is 5.69 Å². The molecule has 1 aromatic rings. The minimum absolute atomic E-state index is 0.246. The minimum atomic E-state index is -4.88. The number of alkyl halides is 3. The fourth-order valence-electron chi connectivity index (χ4n) is 0.805. The Morgan fingerprint density at radius 1 is 1.21 bits per heavy atom. The van der Waals surface area contributed by atoms with Crippen molar-refractivity contribution in [3.8, 4) is 5.75 Å². The van der Waals surface area contributed by atoms with E-state index < -0.39 is 17.9 Å². The minimum Gasteiger partial charge on any atom is -0.407 e. The molecule has 0 fully saturated rings. The van der Waals surface area contributed by atoms with Crippen molar-refractivity contribution < 1.29 is 22.3 Å². The van der Waals surface area contributed by atoms with E-state index in [1.807, 2.05) is 0 Å². The summed E-state index contributed by atoms with van der Waals surface area (Å²) in [4.78, 5) is 2.78. The van der Waals surface area contributed by atoms with Crippen LogP contribution in [0.3, 0.4) is 0 Å². The summed E-state index contributed by atoms with van der Waals surface area (Å²) in [5.74, 6) is -1.68. The monoisotopic (exact) mass is 205 g/mol. The Morgan fingerprint density at radius 3 is 2.36 bits per heavy atom. The van der Waals surface area contributed by atoms with Gasteiger partial charge in [0.1, 0.15) is 11.6 Å². The highest BCUT2D eigenvalue weighted by Crippen LogP contribution is 2.27. The van der Waals surface area contributed by atoms with Gasteiger partial charge in [0.25, 0.3) is 0 Å². The van der Waals surface area contributed by atoms with Crippen LogP contribution in [0.15, 0.2) is 18.2 Å². The molecule has 0 heterocycles. The Kier molecular flexibility index (Phi) is 2.60. The summed E-state index contributed by atoms with van der Waals surface area (Å²) in [7, 11) is 0. The molecule has 0 bridgehead atoms. The molecule has 0 aliphatic heterocycles. The predicted octanol–water partition coefficient (Wildman–Crippen LogP) is 3.28. The van der Waals surface area contributed by atoms with E-state index in [1.54, 1.807) is 0 Å². The summed E-state index contributed by atoms with van der Waals surface area (Å²) in [5.41, 5.74) is -0.246. The Labute approximate surface area is 76.5 Å². The third-order valence-electron chi connectivity index (χ3n) is 1.22. The molecular formula is C8H3F4NO. The maximum absolute atomic E-state index is 12.6. The van der Waals surface area contributed by atoms with Crippen LogP contribution in [0.25, 0.3) is 4.85 Å². The zero-order chi connectivity index (χ0) is 10.8. The molecule has 0 amide bonds. The number of benzene rings is 1.